The second kappa shape index (κ2) is 4.59. The standard InChI is InChI=1S/C21H13NO2/c22-21(23)20-17(10-11-24-20)15-8-6-14-5-4-12-2-1-3-13-7-9-16(15)19(14)18(12)13/h1-11H,(H2,22,23). The third-order valence-corrected chi connectivity index (χ3v) is 4.71. The van der Waals surface area contributed by atoms with Crippen molar-refractivity contribution in [1.82, 2.24) is 0 Å². The topological polar surface area (TPSA) is 56.2 Å². The molecule has 2 N–H and O–H groups in total. The van der Waals surface area contributed by atoms with Crippen molar-refractivity contribution in [1.29, 1.82) is 0 Å². The van der Waals surface area contributed by atoms with Crippen molar-refractivity contribution in [2.45, 2.75) is 0 Å². The van der Waals surface area contributed by atoms with Crippen LogP contribution in [0.2, 0.25) is 0 Å². The van der Waals surface area contributed by atoms with Gasteiger partial charge in [0.05, 0.1) is 6.26 Å². The zero-order valence-corrected chi connectivity index (χ0v) is 12.7. The highest BCUT2D eigenvalue weighted by molar-refractivity contribution is 6.25. The van der Waals surface area contributed by atoms with Crippen molar-refractivity contribution in [2.24, 2.45) is 5.73 Å². The van der Waals surface area contributed by atoms with Gasteiger partial charge in [0, 0.05) is 5.56 Å². The Labute approximate surface area is 137 Å². The molecule has 0 fully saturated rings. The molecule has 1 aromatic heterocycles. The molecule has 0 saturated heterocycles. The third-order valence-electron chi connectivity index (χ3n) is 4.71. The van der Waals surface area contributed by atoms with Crippen LogP contribution in [0, 0.1) is 0 Å². The Kier molecular flexibility index (Phi) is 2.51. The van der Waals surface area contributed by atoms with Gasteiger partial charge in [0.25, 0.3) is 5.91 Å². The van der Waals surface area contributed by atoms with Crippen LogP contribution in [-0.4, -0.2) is 5.91 Å². The van der Waals surface area contributed by atoms with E-state index in [1.807, 2.05) is 6.07 Å². The minimum Gasteiger partial charge on any atom is -0.459 e. The van der Waals surface area contributed by atoms with Gasteiger partial charge in [-0.1, -0.05) is 54.6 Å². The molecule has 0 aliphatic rings. The van der Waals surface area contributed by atoms with E-state index < -0.39 is 5.91 Å². The fourth-order valence-corrected chi connectivity index (χ4v) is 3.68. The number of primary amides is 1. The Morgan fingerprint density at radius 3 is 2.17 bits per heavy atom. The average molecular weight is 311 g/mol. The number of hydrogen-bond donors (Lipinski definition) is 1. The van der Waals surface area contributed by atoms with Gasteiger partial charge in [-0.15, -0.1) is 0 Å². The van der Waals surface area contributed by atoms with Crippen LogP contribution in [0.4, 0.5) is 0 Å². The summed E-state index contributed by atoms with van der Waals surface area (Å²) in [6.45, 7) is 0. The summed E-state index contributed by atoms with van der Waals surface area (Å²) in [5.74, 6) is -0.356. The predicted octanol–water partition coefficient (Wildman–Crippen LogP) is 4.94. The molecule has 0 aliphatic heterocycles. The maximum absolute atomic E-state index is 11.7. The molecule has 5 rings (SSSR count). The van der Waals surface area contributed by atoms with Crippen molar-refractivity contribution in [2.75, 3.05) is 0 Å². The first kappa shape index (κ1) is 13.1. The van der Waals surface area contributed by atoms with Crippen molar-refractivity contribution >= 4 is 38.2 Å². The predicted molar refractivity (Wildman–Crippen MR) is 96.4 cm³/mol. The van der Waals surface area contributed by atoms with Gasteiger partial charge in [-0.25, -0.2) is 0 Å². The fraction of sp³-hybridized carbons (Fsp3) is 0. The summed E-state index contributed by atoms with van der Waals surface area (Å²) in [6.07, 6.45) is 1.51. The normalized spacial score (nSPS) is 11.7. The lowest BCUT2D eigenvalue weighted by atomic mass is 9.90. The molecule has 114 valence electrons. The van der Waals surface area contributed by atoms with E-state index in [1.165, 1.54) is 33.2 Å². The first-order valence-corrected chi connectivity index (χ1v) is 7.78. The summed E-state index contributed by atoms with van der Waals surface area (Å²) in [4.78, 5) is 11.7. The van der Waals surface area contributed by atoms with Crippen LogP contribution in [-0.2, 0) is 0 Å². The Bertz CT molecular complexity index is 1220. The first-order chi connectivity index (χ1) is 11.7. The molecular weight excluding hydrogens is 298 g/mol. The van der Waals surface area contributed by atoms with E-state index in [0.29, 0.717) is 0 Å². The van der Waals surface area contributed by atoms with Crippen LogP contribution >= 0.6 is 0 Å². The summed E-state index contributed by atoms with van der Waals surface area (Å²) in [5, 5.41) is 7.16. The maximum atomic E-state index is 11.7. The third kappa shape index (κ3) is 1.64. The molecule has 0 saturated carbocycles. The molecule has 0 radical (unpaired) electrons. The number of rotatable bonds is 2. The lowest BCUT2D eigenvalue weighted by molar-refractivity contribution is 0.0975. The van der Waals surface area contributed by atoms with Gasteiger partial charge in [0.15, 0.2) is 5.76 Å². The van der Waals surface area contributed by atoms with Crippen molar-refractivity contribution in [3.63, 3.8) is 0 Å². The van der Waals surface area contributed by atoms with Crippen LogP contribution < -0.4 is 5.73 Å². The quantitative estimate of drug-likeness (QED) is 0.469. The molecule has 3 heteroatoms. The van der Waals surface area contributed by atoms with Gasteiger partial charge in [-0.05, 0) is 43.9 Å². The average Bonchev–Trinajstić information content (AvgIpc) is 3.09. The minimum atomic E-state index is -0.555. The molecule has 0 aliphatic carbocycles. The van der Waals surface area contributed by atoms with Gasteiger partial charge in [0.1, 0.15) is 0 Å². The van der Waals surface area contributed by atoms with Crippen LogP contribution in [0.15, 0.2) is 71.3 Å². The molecule has 0 spiro atoms. The number of nitrogens with two attached hydrogens (primary N) is 1. The molecule has 5 aromatic rings. The largest absolute Gasteiger partial charge is 0.459 e. The summed E-state index contributed by atoms with van der Waals surface area (Å²) < 4.78 is 5.30. The molecule has 3 nitrogen and oxygen atoms in total. The molecule has 0 bridgehead atoms. The Morgan fingerprint density at radius 2 is 1.42 bits per heavy atom. The summed E-state index contributed by atoms with van der Waals surface area (Å²) >= 11 is 0. The van der Waals surface area contributed by atoms with Gasteiger partial charge in [-0.2, -0.15) is 0 Å². The summed E-state index contributed by atoms with van der Waals surface area (Å²) in [7, 11) is 0. The van der Waals surface area contributed by atoms with E-state index in [2.05, 4.69) is 48.5 Å². The van der Waals surface area contributed by atoms with E-state index in [0.717, 1.165) is 16.5 Å². The molecule has 0 unspecified atom stereocenters. The number of amides is 1. The lowest BCUT2D eigenvalue weighted by Crippen LogP contribution is -2.10. The highest BCUT2D eigenvalue weighted by atomic mass is 16.3. The maximum Gasteiger partial charge on any atom is 0.285 e. The second-order valence-corrected chi connectivity index (χ2v) is 6.00. The number of hydrogen-bond acceptors (Lipinski definition) is 2. The smallest absolute Gasteiger partial charge is 0.285 e. The lowest BCUT2D eigenvalue weighted by Gasteiger charge is -2.13. The van der Waals surface area contributed by atoms with Crippen molar-refractivity contribution < 1.29 is 9.21 Å². The molecule has 1 heterocycles. The van der Waals surface area contributed by atoms with E-state index in [9.17, 15) is 4.79 Å². The van der Waals surface area contributed by atoms with Crippen molar-refractivity contribution in [3.8, 4) is 11.1 Å². The number of furan rings is 1. The zero-order valence-electron chi connectivity index (χ0n) is 12.7. The highest BCUT2D eigenvalue weighted by Crippen LogP contribution is 2.40. The number of carbonyl (C=O) groups is 1. The van der Waals surface area contributed by atoms with E-state index in [-0.39, 0.29) is 5.76 Å². The molecule has 4 aromatic carbocycles. The van der Waals surface area contributed by atoms with Crippen LogP contribution in [0.1, 0.15) is 10.6 Å². The Hall–Kier alpha value is -3.33. The van der Waals surface area contributed by atoms with Gasteiger partial charge < -0.3 is 10.2 Å². The SMILES string of the molecule is NC(=O)c1occc1-c1ccc2ccc3cccc4ccc1c2c34. The number of benzene rings is 4. The molecule has 1 amide bonds. The Morgan fingerprint density at radius 1 is 0.750 bits per heavy atom. The fourth-order valence-electron chi connectivity index (χ4n) is 3.68. The molecular formula is C21H13NO2. The van der Waals surface area contributed by atoms with Gasteiger partial charge >= 0.3 is 0 Å². The molecule has 24 heavy (non-hydrogen) atoms. The first-order valence-electron chi connectivity index (χ1n) is 7.78. The van der Waals surface area contributed by atoms with E-state index in [4.69, 9.17) is 10.2 Å². The second-order valence-electron chi connectivity index (χ2n) is 6.00. The minimum absolute atomic E-state index is 0.199. The zero-order chi connectivity index (χ0) is 16.3. The van der Waals surface area contributed by atoms with Gasteiger partial charge in [0.2, 0.25) is 0 Å². The van der Waals surface area contributed by atoms with Gasteiger partial charge in [-0.3, -0.25) is 4.79 Å². The van der Waals surface area contributed by atoms with Crippen molar-refractivity contribution in [3.05, 3.63) is 72.7 Å². The van der Waals surface area contributed by atoms with E-state index in [1.54, 1.807) is 6.07 Å². The summed E-state index contributed by atoms with van der Waals surface area (Å²) in [6, 6.07) is 20.8. The van der Waals surface area contributed by atoms with Crippen LogP contribution in [0.25, 0.3) is 43.4 Å². The van der Waals surface area contributed by atoms with E-state index >= 15 is 0 Å². The Balaban J connectivity index is 1.98. The van der Waals surface area contributed by atoms with Crippen LogP contribution in [0.3, 0.4) is 0 Å². The monoisotopic (exact) mass is 311 g/mol. The highest BCUT2D eigenvalue weighted by Gasteiger charge is 2.17. The number of carbonyl (C=O) groups excluding carboxylic acids is 1. The summed E-state index contributed by atoms with van der Waals surface area (Å²) in [5.41, 5.74) is 7.15. The molecule has 0 atom stereocenters. The van der Waals surface area contributed by atoms with Crippen LogP contribution in [0.5, 0.6) is 0 Å².